The summed E-state index contributed by atoms with van der Waals surface area (Å²) in [6.07, 6.45) is 5.96. The van der Waals surface area contributed by atoms with Crippen molar-refractivity contribution in [3.8, 4) is 0 Å². The van der Waals surface area contributed by atoms with E-state index in [9.17, 15) is 9.59 Å². The molecule has 0 spiro atoms. The maximum absolute atomic E-state index is 15.0. The van der Waals surface area contributed by atoms with Crippen molar-refractivity contribution in [2.45, 2.75) is 50.7 Å². The minimum Gasteiger partial charge on any atom is -0.453 e. The molecule has 0 aromatic heterocycles. The Labute approximate surface area is 223 Å². The average Bonchev–Trinajstić information content (AvgIpc) is 2.91. The molecule has 9 heteroatoms. The van der Waals surface area contributed by atoms with E-state index in [1.165, 1.54) is 57.4 Å². The molecule has 2 aromatic carbocycles. The van der Waals surface area contributed by atoms with Crippen molar-refractivity contribution in [1.82, 2.24) is 16.0 Å². The van der Waals surface area contributed by atoms with Crippen molar-refractivity contribution in [2.75, 3.05) is 33.9 Å². The molecule has 1 saturated carbocycles. The lowest BCUT2D eigenvalue weighted by atomic mass is 9.85. The molecule has 37 heavy (non-hydrogen) atoms. The zero-order valence-electron chi connectivity index (χ0n) is 21.5. The summed E-state index contributed by atoms with van der Waals surface area (Å²) in [4.78, 5) is 24.4. The van der Waals surface area contributed by atoms with Crippen LogP contribution in [0.1, 0.15) is 66.1 Å². The van der Waals surface area contributed by atoms with Crippen LogP contribution >= 0.6 is 11.6 Å². The second-order valence-electron chi connectivity index (χ2n) is 9.40. The summed E-state index contributed by atoms with van der Waals surface area (Å²) in [7, 11) is 3.18. The van der Waals surface area contributed by atoms with Crippen LogP contribution in [-0.2, 0) is 9.47 Å². The molecular formula is C28H37ClFN3O4. The van der Waals surface area contributed by atoms with Gasteiger partial charge in [-0.05, 0) is 55.3 Å². The topological polar surface area (TPSA) is 88.7 Å². The van der Waals surface area contributed by atoms with Gasteiger partial charge in [-0.15, -0.1) is 0 Å². The Bertz CT molecular complexity index is 1030. The fourth-order valence-electron chi connectivity index (χ4n) is 4.77. The molecule has 1 aliphatic rings. The van der Waals surface area contributed by atoms with E-state index in [0.29, 0.717) is 28.6 Å². The summed E-state index contributed by atoms with van der Waals surface area (Å²) < 4.78 is 25.6. The highest BCUT2D eigenvalue weighted by molar-refractivity contribution is 6.30. The van der Waals surface area contributed by atoms with Gasteiger partial charge >= 0.3 is 6.09 Å². The Morgan fingerprint density at radius 3 is 2.59 bits per heavy atom. The maximum Gasteiger partial charge on any atom is 0.406 e. The minimum absolute atomic E-state index is 0.0904. The first-order chi connectivity index (χ1) is 17.9. The zero-order valence-corrected chi connectivity index (χ0v) is 22.3. The van der Waals surface area contributed by atoms with Gasteiger partial charge in [0, 0.05) is 35.3 Å². The Morgan fingerprint density at radius 2 is 1.89 bits per heavy atom. The maximum atomic E-state index is 15.0. The number of carbonyl (C=O) groups is 2. The van der Waals surface area contributed by atoms with Crippen molar-refractivity contribution in [2.24, 2.45) is 5.92 Å². The molecule has 2 aromatic rings. The van der Waals surface area contributed by atoms with E-state index < -0.39 is 18.0 Å². The first-order valence-corrected chi connectivity index (χ1v) is 13.2. The van der Waals surface area contributed by atoms with Gasteiger partial charge in [-0.1, -0.05) is 55.8 Å². The molecule has 0 aliphatic heterocycles. The van der Waals surface area contributed by atoms with Crippen molar-refractivity contribution in [1.29, 1.82) is 0 Å². The number of ether oxygens (including phenoxy) is 2. The quantitative estimate of drug-likeness (QED) is 0.325. The van der Waals surface area contributed by atoms with Crippen LogP contribution in [0.3, 0.4) is 0 Å². The fourth-order valence-corrected chi connectivity index (χ4v) is 4.97. The number of hydrogen-bond acceptors (Lipinski definition) is 5. The van der Waals surface area contributed by atoms with Gasteiger partial charge in [0.25, 0.3) is 5.91 Å². The average molecular weight is 534 g/mol. The van der Waals surface area contributed by atoms with Crippen molar-refractivity contribution >= 4 is 23.6 Å². The van der Waals surface area contributed by atoms with Gasteiger partial charge in [-0.25, -0.2) is 9.18 Å². The number of amides is 2. The van der Waals surface area contributed by atoms with E-state index in [0.717, 1.165) is 6.42 Å². The summed E-state index contributed by atoms with van der Waals surface area (Å²) in [5.41, 5.74) is 1.18. The molecule has 0 radical (unpaired) electrons. The minimum atomic E-state index is -0.831. The molecular weight excluding hydrogens is 497 g/mol. The van der Waals surface area contributed by atoms with Crippen LogP contribution in [0.5, 0.6) is 0 Å². The molecule has 0 bridgehead atoms. The Balaban J connectivity index is 1.72. The van der Waals surface area contributed by atoms with Gasteiger partial charge in [0.05, 0.1) is 13.7 Å². The van der Waals surface area contributed by atoms with E-state index in [-0.39, 0.29) is 30.7 Å². The van der Waals surface area contributed by atoms with Crippen molar-refractivity contribution in [3.63, 3.8) is 0 Å². The van der Waals surface area contributed by atoms with Gasteiger partial charge in [-0.3, -0.25) is 4.79 Å². The van der Waals surface area contributed by atoms with E-state index in [1.54, 1.807) is 24.3 Å². The summed E-state index contributed by atoms with van der Waals surface area (Å²) in [5.74, 6) is -0.0972. The third-order valence-corrected chi connectivity index (χ3v) is 7.03. The van der Waals surface area contributed by atoms with Gasteiger partial charge < -0.3 is 25.4 Å². The Hall–Kier alpha value is -2.68. The molecule has 7 nitrogen and oxygen atoms in total. The standard InChI is InChI=1S/C28H37ClFN3O4/c1-31-23(15-19-7-4-3-5-8-19)18-33-27(34)21-11-12-25(30)24(17-21)26(20-9-6-10-22(29)16-20)37-14-13-32-28(35)36-2/h6,9-12,16-17,19,23,26,31H,3-5,7-8,13-15,18H2,1-2H3,(H,32,35)(H,33,34)/t23-,26?/m1/s1. The van der Waals surface area contributed by atoms with Crippen LogP contribution in [0.25, 0.3) is 0 Å². The lowest BCUT2D eigenvalue weighted by Gasteiger charge is -2.26. The zero-order chi connectivity index (χ0) is 26.6. The Kier molecular flexibility index (Phi) is 11.6. The largest absolute Gasteiger partial charge is 0.453 e. The summed E-state index contributed by atoms with van der Waals surface area (Å²) in [5, 5.41) is 9.32. The third-order valence-electron chi connectivity index (χ3n) is 6.79. The molecule has 1 aliphatic carbocycles. The van der Waals surface area contributed by atoms with Crippen LogP contribution in [-0.4, -0.2) is 51.9 Å². The number of hydrogen-bond donors (Lipinski definition) is 3. The first kappa shape index (κ1) is 28.9. The van der Waals surface area contributed by atoms with E-state index in [4.69, 9.17) is 16.3 Å². The monoisotopic (exact) mass is 533 g/mol. The third kappa shape index (κ3) is 8.98. The highest BCUT2D eigenvalue weighted by Gasteiger charge is 2.23. The lowest BCUT2D eigenvalue weighted by Crippen LogP contribution is -2.40. The second-order valence-corrected chi connectivity index (χ2v) is 9.83. The van der Waals surface area contributed by atoms with Crippen LogP contribution in [0.2, 0.25) is 5.02 Å². The highest BCUT2D eigenvalue weighted by Crippen LogP contribution is 2.31. The smallest absolute Gasteiger partial charge is 0.406 e. The molecule has 2 atom stereocenters. The number of nitrogens with one attached hydrogen (secondary N) is 3. The summed E-state index contributed by atoms with van der Waals surface area (Å²) >= 11 is 6.18. The number of methoxy groups -OCH3 is 1. The molecule has 202 valence electrons. The molecule has 0 heterocycles. The van der Waals surface area contributed by atoms with Crippen LogP contribution in [0.4, 0.5) is 9.18 Å². The van der Waals surface area contributed by atoms with Gasteiger partial charge in [0.1, 0.15) is 11.9 Å². The lowest BCUT2D eigenvalue weighted by molar-refractivity contribution is 0.0781. The second kappa shape index (κ2) is 14.9. The van der Waals surface area contributed by atoms with Crippen molar-refractivity contribution in [3.05, 3.63) is 70.0 Å². The molecule has 3 rings (SSSR count). The molecule has 2 amide bonds. The summed E-state index contributed by atoms with van der Waals surface area (Å²) in [6, 6.07) is 11.4. The molecule has 0 saturated heterocycles. The van der Waals surface area contributed by atoms with Crippen LogP contribution < -0.4 is 16.0 Å². The molecule has 1 unspecified atom stereocenters. The van der Waals surface area contributed by atoms with Gasteiger partial charge in [0.15, 0.2) is 0 Å². The van der Waals surface area contributed by atoms with E-state index in [2.05, 4.69) is 20.7 Å². The molecule has 1 fully saturated rings. The van der Waals surface area contributed by atoms with Crippen LogP contribution in [0.15, 0.2) is 42.5 Å². The normalized spacial score (nSPS) is 15.6. The fraction of sp³-hybridized carbons (Fsp3) is 0.500. The summed E-state index contributed by atoms with van der Waals surface area (Å²) in [6.45, 7) is 0.747. The first-order valence-electron chi connectivity index (χ1n) is 12.8. The SMILES string of the molecule is CN[C@@H](CNC(=O)c1ccc(F)c(C(OCCNC(=O)OC)c2cccc(Cl)c2)c1)CC1CCCCC1. The predicted molar refractivity (Wildman–Crippen MR) is 142 cm³/mol. The van der Waals surface area contributed by atoms with Crippen molar-refractivity contribution < 1.29 is 23.5 Å². The Morgan fingerprint density at radius 1 is 1.11 bits per heavy atom. The number of benzene rings is 2. The number of likely N-dealkylation sites (N-methyl/N-ethyl adjacent to an activating group) is 1. The van der Waals surface area contributed by atoms with Gasteiger partial charge in [0.2, 0.25) is 0 Å². The van der Waals surface area contributed by atoms with Gasteiger partial charge in [-0.2, -0.15) is 0 Å². The van der Waals surface area contributed by atoms with E-state index in [1.807, 2.05) is 7.05 Å². The van der Waals surface area contributed by atoms with Crippen LogP contribution in [0, 0.1) is 11.7 Å². The van der Waals surface area contributed by atoms with E-state index >= 15 is 4.39 Å². The highest BCUT2D eigenvalue weighted by atomic mass is 35.5. The number of alkyl carbamates (subject to hydrolysis) is 1. The number of rotatable bonds is 12. The molecule has 3 N–H and O–H groups in total. The number of halogens is 2. The number of carbonyl (C=O) groups excluding carboxylic acids is 2. The predicted octanol–water partition coefficient (Wildman–Crippen LogP) is 5.23.